The number of rotatable bonds is 1. The first-order valence-corrected chi connectivity index (χ1v) is 5.30. The van der Waals surface area contributed by atoms with Crippen molar-refractivity contribution in [3.8, 4) is 11.1 Å². The van der Waals surface area contributed by atoms with E-state index >= 15 is 0 Å². The predicted molar refractivity (Wildman–Crippen MR) is 58.2 cm³/mol. The summed E-state index contributed by atoms with van der Waals surface area (Å²) in [4.78, 5) is 0. The first-order chi connectivity index (χ1) is 7.99. The molecule has 0 aliphatic carbocycles. The topological polar surface area (TPSA) is 0 Å². The fourth-order valence-electron chi connectivity index (χ4n) is 1.43. The van der Waals surface area contributed by atoms with Crippen LogP contribution in [0.4, 0.5) is 17.6 Å². The zero-order chi connectivity index (χ0) is 12.6. The summed E-state index contributed by atoms with van der Waals surface area (Å²) in [5.41, 5.74) is -0.547. The molecule has 0 amide bonds. The molecule has 2 rings (SSSR count). The maximum absolute atomic E-state index is 13.5. The molecule has 2 aromatic rings. The van der Waals surface area contributed by atoms with Gasteiger partial charge < -0.3 is 0 Å². The average molecular weight is 304 g/mol. The summed E-state index contributed by atoms with van der Waals surface area (Å²) in [7, 11) is 0. The molecule has 0 saturated carbocycles. The molecule has 1 radical (unpaired) electrons. The van der Waals surface area contributed by atoms with Crippen LogP contribution in [0.5, 0.6) is 0 Å². The van der Waals surface area contributed by atoms with E-state index in [2.05, 4.69) is 22.0 Å². The van der Waals surface area contributed by atoms with Gasteiger partial charge in [-0.05, 0) is 28.1 Å². The molecule has 17 heavy (non-hydrogen) atoms. The van der Waals surface area contributed by atoms with Gasteiger partial charge in [-0.1, -0.05) is 0 Å². The van der Waals surface area contributed by atoms with Gasteiger partial charge in [-0.15, -0.1) is 0 Å². The maximum atomic E-state index is 13.5. The van der Waals surface area contributed by atoms with Gasteiger partial charge in [0, 0.05) is 28.2 Å². The van der Waals surface area contributed by atoms with Gasteiger partial charge in [0.2, 0.25) is 0 Å². The second-order valence-corrected chi connectivity index (χ2v) is 4.08. The molecule has 0 N–H and O–H groups in total. The van der Waals surface area contributed by atoms with Gasteiger partial charge in [0.25, 0.3) is 0 Å². The van der Waals surface area contributed by atoms with Crippen LogP contribution in [0.1, 0.15) is 0 Å². The summed E-state index contributed by atoms with van der Waals surface area (Å²) in [5, 5.41) is 0. The molecular weight excluding hydrogens is 300 g/mol. The third-order valence-electron chi connectivity index (χ3n) is 2.13. The van der Waals surface area contributed by atoms with Crippen LogP contribution >= 0.6 is 15.9 Å². The highest BCUT2D eigenvalue weighted by Gasteiger charge is 2.16. The Bertz CT molecular complexity index is 558. The normalized spacial score (nSPS) is 10.6. The van der Waals surface area contributed by atoms with Crippen molar-refractivity contribution in [2.45, 2.75) is 0 Å². The van der Waals surface area contributed by atoms with E-state index in [0.29, 0.717) is 12.1 Å². The molecule has 2 aromatic carbocycles. The van der Waals surface area contributed by atoms with Gasteiger partial charge in [-0.25, -0.2) is 17.6 Å². The fraction of sp³-hybridized carbons (Fsp3) is 0. The number of halogens is 5. The Morgan fingerprint density at radius 3 is 2.06 bits per heavy atom. The van der Waals surface area contributed by atoms with Crippen LogP contribution in [0, 0.1) is 29.3 Å². The van der Waals surface area contributed by atoms with Crippen molar-refractivity contribution in [3.63, 3.8) is 0 Å². The summed E-state index contributed by atoms with van der Waals surface area (Å²) in [6.07, 6.45) is 0. The minimum absolute atomic E-state index is 0.0556. The zero-order valence-corrected chi connectivity index (χ0v) is 9.79. The molecule has 5 heteroatoms. The van der Waals surface area contributed by atoms with E-state index in [0.717, 1.165) is 12.1 Å². The largest absolute Gasteiger partial charge is 0.207 e. The van der Waals surface area contributed by atoms with Gasteiger partial charge >= 0.3 is 0 Å². The lowest BCUT2D eigenvalue weighted by molar-refractivity contribution is 0.547. The molecule has 0 spiro atoms. The van der Waals surface area contributed by atoms with Crippen molar-refractivity contribution >= 4 is 15.9 Å². The quantitative estimate of drug-likeness (QED) is 0.682. The maximum Gasteiger partial charge on any atom is 0.136 e. The molecule has 0 aliphatic heterocycles. The Morgan fingerprint density at radius 2 is 1.47 bits per heavy atom. The number of hydrogen-bond acceptors (Lipinski definition) is 0. The lowest BCUT2D eigenvalue weighted by Gasteiger charge is -2.07. The molecule has 0 saturated heterocycles. The van der Waals surface area contributed by atoms with Crippen LogP contribution in [-0.4, -0.2) is 0 Å². The van der Waals surface area contributed by atoms with Gasteiger partial charge in [-0.3, -0.25) is 0 Å². The van der Waals surface area contributed by atoms with Crippen LogP contribution in [-0.2, 0) is 0 Å². The van der Waals surface area contributed by atoms with Gasteiger partial charge in [0.05, 0.1) is 5.56 Å². The van der Waals surface area contributed by atoms with Crippen LogP contribution in [0.3, 0.4) is 0 Å². The minimum atomic E-state index is -1.10. The Labute approximate surface area is 103 Å². The van der Waals surface area contributed by atoms with Crippen molar-refractivity contribution < 1.29 is 17.6 Å². The van der Waals surface area contributed by atoms with E-state index in [1.54, 1.807) is 0 Å². The summed E-state index contributed by atoms with van der Waals surface area (Å²) in [6, 6.07) is 5.49. The van der Waals surface area contributed by atoms with E-state index in [4.69, 9.17) is 0 Å². The summed E-state index contributed by atoms with van der Waals surface area (Å²) in [6.45, 7) is 0. The minimum Gasteiger partial charge on any atom is -0.207 e. The standard InChI is InChI=1S/C12H4BrF4/c13-9-2-1-6(14)3-8(9)12-10(16)4-7(15)5-11(12)17/h1,3-5H. The van der Waals surface area contributed by atoms with Gasteiger partial charge in [0.1, 0.15) is 23.3 Å². The van der Waals surface area contributed by atoms with Crippen molar-refractivity contribution in [1.29, 1.82) is 0 Å². The Balaban J connectivity index is 2.72. The molecule has 0 atom stereocenters. The Morgan fingerprint density at radius 1 is 0.882 bits per heavy atom. The van der Waals surface area contributed by atoms with Gasteiger partial charge in [-0.2, -0.15) is 0 Å². The highest BCUT2D eigenvalue weighted by Crippen LogP contribution is 2.32. The molecule has 0 nitrogen and oxygen atoms in total. The van der Waals surface area contributed by atoms with Crippen molar-refractivity contribution in [2.24, 2.45) is 0 Å². The van der Waals surface area contributed by atoms with Crippen molar-refractivity contribution in [3.05, 3.63) is 58.1 Å². The summed E-state index contributed by atoms with van der Waals surface area (Å²) >= 11 is 3.00. The molecule has 0 heterocycles. The first kappa shape index (κ1) is 12.1. The van der Waals surface area contributed by atoms with E-state index in [9.17, 15) is 17.6 Å². The third kappa shape index (κ3) is 2.34. The van der Waals surface area contributed by atoms with Crippen LogP contribution in [0.15, 0.2) is 28.7 Å². The number of benzene rings is 2. The van der Waals surface area contributed by atoms with Crippen molar-refractivity contribution in [2.75, 3.05) is 0 Å². The van der Waals surface area contributed by atoms with Crippen LogP contribution in [0.25, 0.3) is 11.1 Å². The highest BCUT2D eigenvalue weighted by molar-refractivity contribution is 9.10. The Kier molecular flexibility index (Phi) is 3.19. The molecule has 0 aromatic heterocycles. The molecule has 0 aliphatic rings. The molecule has 0 bridgehead atoms. The van der Waals surface area contributed by atoms with Crippen LogP contribution in [0.2, 0.25) is 0 Å². The molecule has 87 valence electrons. The van der Waals surface area contributed by atoms with Crippen LogP contribution < -0.4 is 0 Å². The molecule has 0 unspecified atom stereocenters. The van der Waals surface area contributed by atoms with Gasteiger partial charge in [0.15, 0.2) is 0 Å². The zero-order valence-electron chi connectivity index (χ0n) is 8.20. The molecule has 0 fully saturated rings. The number of hydrogen-bond donors (Lipinski definition) is 0. The first-order valence-electron chi connectivity index (χ1n) is 4.50. The summed E-state index contributed by atoms with van der Waals surface area (Å²) in [5.74, 6) is -3.91. The lowest BCUT2D eigenvalue weighted by atomic mass is 10.0. The fourth-order valence-corrected chi connectivity index (χ4v) is 1.86. The SMILES string of the molecule is Fc1cc(F)c(-c2cc(F)c[c]c2Br)c(F)c1. The second-order valence-electron chi connectivity index (χ2n) is 3.29. The smallest absolute Gasteiger partial charge is 0.136 e. The predicted octanol–water partition coefficient (Wildman–Crippen LogP) is 4.47. The van der Waals surface area contributed by atoms with E-state index < -0.39 is 28.8 Å². The third-order valence-corrected chi connectivity index (χ3v) is 2.79. The monoisotopic (exact) mass is 303 g/mol. The molecular formula is C12H4BrF4. The second kappa shape index (κ2) is 4.49. The van der Waals surface area contributed by atoms with Crippen molar-refractivity contribution in [1.82, 2.24) is 0 Å². The summed E-state index contributed by atoms with van der Waals surface area (Å²) < 4.78 is 52.9. The lowest BCUT2D eigenvalue weighted by Crippen LogP contribution is -1.94. The van der Waals surface area contributed by atoms with E-state index in [1.807, 2.05) is 0 Å². The van der Waals surface area contributed by atoms with E-state index in [-0.39, 0.29) is 10.0 Å². The average Bonchev–Trinajstić information content (AvgIpc) is 2.21. The van der Waals surface area contributed by atoms with E-state index in [1.165, 1.54) is 0 Å². The Hall–Kier alpha value is -1.36. The highest BCUT2D eigenvalue weighted by atomic mass is 79.9.